The Morgan fingerprint density at radius 3 is 2.00 bits per heavy atom. The van der Waals surface area contributed by atoms with Crippen LogP contribution >= 0.6 is 0 Å². The second kappa shape index (κ2) is 9.38. The van der Waals surface area contributed by atoms with Crippen LogP contribution in [0.4, 0.5) is 13.2 Å². The first-order valence-electron chi connectivity index (χ1n) is 9.65. The van der Waals surface area contributed by atoms with Crippen molar-refractivity contribution >= 4 is 0 Å². The van der Waals surface area contributed by atoms with E-state index in [2.05, 4.69) is 34.1 Å². The van der Waals surface area contributed by atoms with Crippen molar-refractivity contribution in [1.82, 2.24) is 9.80 Å². The summed E-state index contributed by atoms with van der Waals surface area (Å²) in [6.45, 7) is 5.99. The quantitative estimate of drug-likeness (QED) is 0.702. The van der Waals surface area contributed by atoms with Gasteiger partial charge >= 0.3 is 6.18 Å². The molecule has 1 heterocycles. The van der Waals surface area contributed by atoms with E-state index in [1.54, 1.807) is 6.07 Å². The lowest BCUT2D eigenvalue weighted by atomic mass is 10.1. The van der Waals surface area contributed by atoms with Crippen LogP contribution in [0.1, 0.15) is 23.1 Å². The van der Waals surface area contributed by atoms with Gasteiger partial charge in [0.25, 0.3) is 0 Å². The lowest BCUT2D eigenvalue weighted by Gasteiger charge is -2.34. The number of piperazine rings is 1. The third-order valence-electron chi connectivity index (χ3n) is 5.22. The summed E-state index contributed by atoms with van der Waals surface area (Å²) in [5.74, 6) is 0. The molecule has 0 spiro atoms. The van der Waals surface area contributed by atoms with Gasteiger partial charge in [0.1, 0.15) is 0 Å². The first kappa shape index (κ1) is 19.9. The van der Waals surface area contributed by atoms with Crippen molar-refractivity contribution in [2.24, 2.45) is 0 Å². The van der Waals surface area contributed by atoms with Crippen LogP contribution in [0.15, 0.2) is 54.6 Å². The zero-order valence-electron chi connectivity index (χ0n) is 15.6. The number of alkyl halides is 3. The fourth-order valence-corrected chi connectivity index (χ4v) is 3.58. The Balaban J connectivity index is 1.36. The number of benzene rings is 2. The average Bonchev–Trinajstić information content (AvgIpc) is 2.68. The molecule has 1 aliphatic rings. The normalized spacial score (nSPS) is 16.6. The molecule has 0 radical (unpaired) electrons. The van der Waals surface area contributed by atoms with Crippen molar-refractivity contribution in [1.29, 1.82) is 0 Å². The number of nitrogens with zero attached hydrogens (tertiary/aromatic N) is 2. The van der Waals surface area contributed by atoms with Gasteiger partial charge in [0.15, 0.2) is 0 Å². The summed E-state index contributed by atoms with van der Waals surface area (Å²) in [5.41, 5.74) is 1.59. The third kappa shape index (κ3) is 6.36. The van der Waals surface area contributed by atoms with Crippen LogP contribution in [0.5, 0.6) is 0 Å². The number of aryl methyl sites for hydroxylation is 1. The number of halogens is 3. The van der Waals surface area contributed by atoms with E-state index in [9.17, 15) is 13.2 Å². The van der Waals surface area contributed by atoms with Crippen LogP contribution in [0.3, 0.4) is 0 Å². The van der Waals surface area contributed by atoms with E-state index in [0.29, 0.717) is 6.42 Å². The molecule has 1 aliphatic heterocycles. The minimum Gasteiger partial charge on any atom is -0.301 e. The van der Waals surface area contributed by atoms with Gasteiger partial charge in [0.05, 0.1) is 5.56 Å². The van der Waals surface area contributed by atoms with E-state index in [1.807, 2.05) is 6.07 Å². The van der Waals surface area contributed by atoms with Gasteiger partial charge < -0.3 is 9.80 Å². The SMILES string of the molecule is FC(F)(F)c1cccc(CCN2CCN(CCCc3ccccc3)CC2)c1. The molecule has 0 aromatic heterocycles. The highest BCUT2D eigenvalue weighted by molar-refractivity contribution is 5.25. The predicted molar refractivity (Wildman–Crippen MR) is 103 cm³/mol. The monoisotopic (exact) mass is 376 g/mol. The molecule has 2 aromatic rings. The second-order valence-corrected chi connectivity index (χ2v) is 7.22. The molecule has 0 atom stereocenters. The topological polar surface area (TPSA) is 6.48 Å². The van der Waals surface area contributed by atoms with Gasteiger partial charge in [0, 0.05) is 32.7 Å². The molecule has 0 bridgehead atoms. The molecular formula is C22H27F3N2. The lowest BCUT2D eigenvalue weighted by Crippen LogP contribution is -2.47. The summed E-state index contributed by atoms with van der Waals surface area (Å²) >= 11 is 0. The second-order valence-electron chi connectivity index (χ2n) is 7.22. The maximum atomic E-state index is 12.8. The molecule has 0 saturated carbocycles. The van der Waals surface area contributed by atoms with Crippen molar-refractivity contribution in [3.8, 4) is 0 Å². The maximum Gasteiger partial charge on any atom is 0.416 e. The molecule has 3 rings (SSSR count). The van der Waals surface area contributed by atoms with Crippen molar-refractivity contribution in [2.45, 2.75) is 25.4 Å². The Labute approximate surface area is 159 Å². The highest BCUT2D eigenvalue weighted by atomic mass is 19.4. The van der Waals surface area contributed by atoms with Gasteiger partial charge in [-0.15, -0.1) is 0 Å². The van der Waals surface area contributed by atoms with Gasteiger partial charge in [-0.05, 0) is 43.0 Å². The molecule has 5 heteroatoms. The molecule has 1 fully saturated rings. The van der Waals surface area contributed by atoms with E-state index >= 15 is 0 Å². The van der Waals surface area contributed by atoms with Crippen LogP contribution in [-0.4, -0.2) is 49.1 Å². The van der Waals surface area contributed by atoms with E-state index in [0.717, 1.165) is 63.7 Å². The molecule has 2 aromatic carbocycles. The Morgan fingerprint density at radius 2 is 1.33 bits per heavy atom. The minimum absolute atomic E-state index is 0.553. The molecule has 0 aliphatic carbocycles. The lowest BCUT2D eigenvalue weighted by molar-refractivity contribution is -0.137. The standard InChI is InChI=1S/C22H27F3N2/c23-22(24,25)21-10-4-8-20(18-21)11-13-27-16-14-26(15-17-27)12-5-9-19-6-2-1-3-7-19/h1-4,6-8,10,18H,5,9,11-17H2. The van der Waals surface area contributed by atoms with Crippen molar-refractivity contribution in [3.63, 3.8) is 0 Å². The number of hydrogen-bond acceptors (Lipinski definition) is 2. The molecule has 27 heavy (non-hydrogen) atoms. The van der Waals surface area contributed by atoms with Crippen molar-refractivity contribution in [2.75, 3.05) is 39.3 Å². The van der Waals surface area contributed by atoms with E-state index in [-0.39, 0.29) is 0 Å². The number of hydrogen-bond donors (Lipinski definition) is 0. The molecule has 0 unspecified atom stereocenters. The molecular weight excluding hydrogens is 349 g/mol. The zero-order chi connectivity index (χ0) is 19.1. The van der Waals surface area contributed by atoms with Crippen LogP contribution in [0, 0.1) is 0 Å². The Kier molecular flexibility index (Phi) is 6.91. The van der Waals surface area contributed by atoms with Gasteiger partial charge in [0.2, 0.25) is 0 Å². The summed E-state index contributed by atoms with van der Waals surface area (Å²) in [6, 6.07) is 16.3. The first-order chi connectivity index (χ1) is 13.0. The van der Waals surface area contributed by atoms with Gasteiger partial charge in [-0.2, -0.15) is 13.2 Å². The van der Waals surface area contributed by atoms with Gasteiger partial charge in [-0.1, -0.05) is 48.5 Å². The highest BCUT2D eigenvalue weighted by Gasteiger charge is 2.30. The predicted octanol–water partition coefficient (Wildman–Crippen LogP) is 4.50. The highest BCUT2D eigenvalue weighted by Crippen LogP contribution is 2.29. The van der Waals surface area contributed by atoms with Gasteiger partial charge in [-0.3, -0.25) is 0 Å². The molecule has 146 valence electrons. The molecule has 2 nitrogen and oxygen atoms in total. The third-order valence-corrected chi connectivity index (χ3v) is 5.22. The van der Waals surface area contributed by atoms with Crippen LogP contribution in [0.25, 0.3) is 0 Å². The largest absolute Gasteiger partial charge is 0.416 e. The van der Waals surface area contributed by atoms with Crippen LogP contribution in [-0.2, 0) is 19.0 Å². The average molecular weight is 376 g/mol. The smallest absolute Gasteiger partial charge is 0.301 e. The zero-order valence-corrected chi connectivity index (χ0v) is 15.6. The molecule has 0 amide bonds. The summed E-state index contributed by atoms with van der Waals surface area (Å²) in [5, 5.41) is 0. The number of rotatable bonds is 7. The summed E-state index contributed by atoms with van der Waals surface area (Å²) in [6.07, 6.45) is -1.33. The van der Waals surface area contributed by atoms with Crippen molar-refractivity contribution in [3.05, 3.63) is 71.3 Å². The molecule has 0 N–H and O–H groups in total. The Bertz CT molecular complexity index is 692. The maximum absolute atomic E-state index is 12.8. The van der Waals surface area contributed by atoms with Crippen molar-refractivity contribution < 1.29 is 13.2 Å². The van der Waals surface area contributed by atoms with E-state index in [1.165, 1.54) is 17.7 Å². The summed E-state index contributed by atoms with van der Waals surface area (Å²) in [4.78, 5) is 4.84. The van der Waals surface area contributed by atoms with Crippen LogP contribution < -0.4 is 0 Å². The molecule has 1 saturated heterocycles. The Morgan fingerprint density at radius 1 is 0.704 bits per heavy atom. The minimum atomic E-state index is -4.26. The van der Waals surface area contributed by atoms with E-state index in [4.69, 9.17) is 0 Å². The fourth-order valence-electron chi connectivity index (χ4n) is 3.58. The summed E-state index contributed by atoms with van der Waals surface area (Å²) in [7, 11) is 0. The first-order valence-corrected chi connectivity index (χ1v) is 9.65. The summed E-state index contributed by atoms with van der Waals surface area (Å²) < 4.78 is 38.4. The van der Waals surface area contributed by atoms with E-state index < -0.39 is 11.7 Å². The van der Waals surface area contributed by atoms with Gasteiger partial charge in [-0.25, -0.2) is 0 Å². The Hall–Kier alpha value is -1.85. The fraction of sp³-hybridized carbons (Fsp3) is 0.455. The van der Waals surface area contributed by atoms with Crippen LogP contribution in [0.2, 0.25) is 0 Å².